The number of carbonyl (C=O) groups excluding carboxylic acids is 1. The fourth-order valence-electron chi connectivity index (χ4n) is 1.05. The van der Waals surface area contributed by atoms with E-state index in [1.807, 2.05) is 0 Å². The summed E-state index contributed by atoms with van der Waals surface area (Å²) in [6, 6.07) is 2.35. The fraction of sp³-hybridized carbons (Fsp3) is 0.222. The molecule has 0 aliphatic carbocycles. The normalized spacial score (nSPS) is 11.6. The van der Waals surface area contributed by atoms with Gasteiger partial charge in [0.1, 0.15) is 0 Å². The number of halogens is 5. The SMILES string of the molecule is CC(=O)c1cc(Br)cc(C(F)(F)F)c1I. The predicted octanol–water partition coefficient (Wildman–Crippen LogP) is 4.28. The molecule has 1 aromatic carbocycles. The molecule has 0 bridgehead atoms. The van der Waals surface area contributed by atoms with Crippen molar-refractivity contribution in [1.29, 1.82) is 0 Å². The number of hydrogen-bond acceptors (Lipinski definition) is 1. The molecule has 0 aliphatic heterocycles. The quantitative estimate of drug-likeness (QED) is 0.515. The van der Waals surface area contributed by atoms with Crippen LogP contribution in [0.2, 0.25) is 0 Å². The summed E-state index contributed by atoms with van der Waals surface area (Å²) >= 11 is 4.49. The van der Waals surface area contributed by atoms with Crippen LogP contribution in [-0.2, 0) is 6.18 Å². The van der Waals surface area contributed by atoms with Crippen LogP contribution in [0.15, 0.2) is 16.6 Å². The molecule has 82 valence electrons. The molecule has 0 heterocycles. The number of hydrogen-bond donors (Lipinski definition) is 0. The standard InChI is InChI=1S/C9H5BrF3IO/c1-4(15)6-2-5(10)3-7(8(6)14)9(11,12)13/h2-3H,1H3. The third-order valence-electron chi connectivity index (χ3n) is 1.72. The zero-order valence-electron chi connectivity index (χ0n) is 7.45. The van der Waals surface area contributed by atoms with Gasteiger partial charge in [0.15, 0.2) is 5.78 Å². The molecule has 0 amide bonds. The average molecular weight is 393 g/mol. The highest BCUT2D eigenvalue weighted by Gasteiger charge is 2.34. The monoisotopic (exact) mass is 392 g/mol. The summed E-state index contributed by atoms with van der Waals surface area (Å²) in [7, 11) is 0. The second-order valence-electron chi connectivity index (χ2n) is 2.87. The topological polar surface area (TPSA) is 17.1 Å². The van der Waals surface area contributed by atoms with Gasteiger partial charge in [-0.2, -0.15) is 13.2 Å². The van der Waals surface area contributed by atoms with Crippen LogP contribution in [-0.4, -0.2) is 5.78 Å². The summed E-state index contributed by atoms with van der Waals surface area (Å²) in [4.78, 5) is 11.1. The summed E-state index contributed by atoms with van der Waals surface area (Å²) in [5.74, 6) is -0.383. The number of carbonyl (C=O) groups is 1. The van der Waals surface area contributed by atoms with Crippen LogP contribution in [0.3, 0.4) is 0 Å². The lowest BCUT2D eigenvalue weighted by atomic mass is 10.1. The van der Waals surface area contributed by atoms with E-state index in [1.54, 1.807) is 0 Å². The third-order valence-corrected chi connectivity index (χ3v) is 3.34. The number of alkyl halides is 3. The fourth-order valence-corrected chi connectivity index (χ4v) is 2.51. The Hall–Kier alpha value is -0.110. The van der Waals surface area contributed by atoms with E-state index in [2.05, 4.69) is 15.9 Å². The van der Waals surface area contributed by atoms with Crippen LogP contribution in [0.5, 0.6) is 0 Å². The maximum atomic E-state index is 12.5. The van der Waals surface area contributed by atoms with Crippen molar-refractivity contribution in [3.63, 3.8) is 0 Å². The van der Waals surface area contributed by atoms with Gasteiger partial charge in [-0.25, -0.2) is 0 Å². The highest BCUT2D eigenvalue weighted by molar-refractivity contribution is 14.1. The molecule has 0 saturated carbocycles. The van der Waals surface area contributed by atoms with Gasteiger partial charge in [-0.1, -0.05) is 15.9 Å². The van der Waals surface area contributed by atoms with Crippen LogP contribution in [0, 0.1) is 3.57 Å². The Morgan fingerprint density at radius 3 is 2.33 bits per heavy atom. The lowest BCUT2D eigenvalue weighted by Gasteiger charge is -2.12. The van der Waals surface area contributed by atoms with E-state index in [9.17, 15) is 18.0 Å². The minimum Gasteiger partial charge on any atom is -0.294 e. The Morgan fingerprint density at radius 1 is 1.40 bits per heavy atom. The Balaban J connectivity index is 3.49. The molecule has 0 N–H and O–H groups in total. The van der Waals surface area contributed by atoms with Gasteiger partial charge >= 0.3 is 6.18 Å². The lowest BCUT2D eigenvalue weighted by molar-refractivity contribution is -0.138. The van der Waals surface area contributed by atoms with Crippen LogP contribution < -0.4 is 0 Å². The number of Topliss-reactive ketones (excluding diaryl/α,β-unsaturated/α-hetero) is 1. The van der Waals surface area contributed by atoms with Crippen molar-refractivity contribution in [2.24, 2.45) is 0 Å². The molecule has 0 unspecified atom stereocenters. The number of benzene rings is 1. The van der Waals surface area contributed by atoms with Gasteiger partial charge in [0.2, 0.25) is 0 Å². The van der Waals surface area contributed by atoms with E-state index in [-0.39, 0.29) is 19.4 Å². The smallest absolute Gasteiger partial charge is 0.294 e. The second-order valence-corrected chi connectivity index (χ2v) is 4.86. The van der Waals surface area contributed by atoms with E-state index < -0.39 is 11.7 Å². The second kappa shape index (κ2) is 4.40. The van der Waals surface area contributed by atoms with E-state index in [1.165, 1.54) is 35.6 Å². The third kappa shape index (κ3) is 2.93. The molecule has 1 rings (SSSR count). The van der Waals surface area contributed by atoms with Crippen LogP contribution in [0.4, 0.5) is 13.2 Å². The van der Waals surface area contributed by atoms with Crippen molar-refractivity contribution in [2.75, 3.05) is 0 Å². The Bertz CT molecular complexity index is 415. The summed E-state index contributed by atoms with van der Waals surface area (Å²) in [6.07, 6.45) is -4.44. The molecule has 6 heteroatoms. The Labute approximate surface area is 106 Å². The molecule has 15 heavy (non-hydrogen) atoms. The molecule has 1 aromatic rings. The van der Waals surface area contributed by atoms with Crippen molar-refractivity contribution in [2.45, 2.75) is 13.1 Å². The van der Waals surface area contributed by atoms with Gasteiger partial charge in [0.25, 0.3) is 0 Å². The zero-order valence-corrected chi connectivity index (χ0v) is 11.2. The maximum Gasteiger partial charge on any atom is 0.417 e. The van der Waals surface area contributed by atoms with Crippen molar-refractivity contribution in [3.05, 3.63) is 31.3 Å². The molecule has 0 saturated heterocycles. The van der Waals surface area contributed by atoms with Gasteiger partial charge < -0.3 is 0 Å². The number of ketones is 1. The van der Waals surface area contributed by atoms with Gasteiger partial charge in [-0.15, -0.1) is 0 Å². The van der Waals surface area contributed by atoms with Gasteiger partial charge in [0.05, 0.1) is 5.56 Å². The van der Waals surface area contributed by atoms with Crippen molar-refractivity contribution in [3.8, 4) is 0 Å². The van der Waals surface area contributed by atoms with Crippen LogP contribution >= 0.6 is 38.5 Å². The molecule has 0 radical (unpaired) electrons. The van der Waals surface area contributed by atoms with E-state index in [4.69, 9.17) is 0 Å². The highest BCUT2D eigenvalue weighted by atomic mass is 127. The molecule has 0 aromatic heterocycles. The summed E-state index contributed by atoms with van der Waals surface area (Å²) < 4.78 is 37.8. The molecular weight excluding hydrogens is 388 g/mol. The first-order valence-corrected chi connectivity index (χ1v) is 5.68. The Morgan fingerprint density at radius 2 is 1.93 bits per heavy atom. The first-order chi connectivity index (χ1) is 6.73. The molecule has 0 atom stereocenters. The van der Waals surface area contributed by atoms with E-state index in [0.717, 1.165) is 6.07 Å². The molecule has 1 nitrogen and oxygen atoms in total. The lowest BCUT2D eigenvalue weighted by Crippen LogP contribution is -2.11. The maximum absolute atomic E-state index is 12.5. The minimum atomic E-state index is -4.44. The van der Waals surface area contributed by atoms with E-state index >= 15 is 0 Å². The molecule has 0 fully saturated rings. The van der Waals surface area contributed by atoms with Crippen molar-refractivity contribution in [1.82, 2.24) is 0 Å². The largest absolute Gasteiger partial charge is 0.417 e. The molecular formula is C9H5BrF3IO. The van der Waals surface area contributed by atoms with Crippen molar-refractivity contribution >= 4 is 44.3 Å². The first-order valence-electron chi connectivity index (χ1n) is 3.80. The van der Waals surface area contributed by atoms with Crippen LogP contribution in [0.1, 0.15) is 22.8 Å². The van der Waals surface area contributed by atoms with Crippen LogP contribution in [0.25, 0.3) is 0 Å². The summed E-state index contributed by atoms with van der Waals surface area (Å²) in [5, 5.41) is 0. The van der Waals surface area contributed by atoms with Gasteiger partial charge in [0, 0.05) is 13.6 Å². The summed E-state index contributed by atoms with van der Waals surface area (Å²) in [5.41, 5.74) is -0.708. The van der Waals surface area contributed by atoms with E-state index in [0.29, 0.717) is 0 Å². The van der Waals surface area contributed by atoms with Gasteiger partial charge in [-0.05, 0) is 41.6 Å². The van der Waals surface area contributed by atoms with Crippen molar-refractivity contribution < 1.29 is 18.0 Å². The average Bonchev–Trinajstić information content (AvgIpc) is 2.06. The molecule has 0 aliphatic rings. The zero-order chi connectivity index (χ0) is 11.8. The summed E-state index contributed by atoms with van der Waals surface area (Å²) in [6.45, 7) is 1.24. The number of rotatable bonds is 1. The Kier molecular flexibility index (Phi) is 3.80. The highest BCUT2D eigenvalue weighted by Crippen LogP contribution is 2.36. The minimum absolute atomic E-state index is 0.0594. The first kappa shape index (κ1) is 13.0. The van der Waals surface area contributed by atoms with Gasteiger partial charge in [-0.3, -0.25) is 4.79 Å². The molecule has 0 spiro atoms. The predicted molar refractivity (Wildman–Crippen MR) is 61.9 cm³/mol.